The van der Waals surface area contributed by atoms with Crippen LogP contribution >= 0.6 is 11.8 Å². The summed E-state index contributed by atoms with van der Waals surface area (Å²) in [4.78, 5) is 14.2. The van der Waals surface area contributed by atoms with E-state index in [-0.39, 0.29) is 10.7 Å². The second-order valence-electron chi connectivity index (χ2n) is 7.46. The molecule has 138 valence electrons. The van der Waals surface area contributed by atoms with E-state index in [0.29, 0.717) is 12.5 Å². The van der Waals surface area contributed by atoms with E-state index in [0.717, 1.165) is 42.2 Å². The predicted octanol–water partition coefficient (Wildman–Crippen LogP) is 3.80. The summed E-state index contributed by atoms with van der Waals surface area (Å²) in [6.07, 6.45) is 7.79. The predicted molar refractivity (Wildman–Crippen MR) is 103 cm³/mol. The highest BCUT2D eigenvalue weighted by Crippen LogP contribution is 2.45. The fourth-order valence-corrected chi connectivity index (χ4v) is 5.31. The average molecular weight is 371 g/mol. The van der Waals surface area contributed by atoms with Crippen LogP contribution in [0.15, 0.2) is 35.2 Å². The Kier molecular flexibility index (Phi) is 5.02. The number of hydrogen-bond donors (Lipinski definition) is 1. The van der Waals surface area contributed by atoms with Crippen molar-refractivity contribution in [3.05, 3.63) is 42.0 Å². The molecule has 0 atom stereocenters. The van der Waals surface area contributed by atoms with Crippen molar-refractivity contribution < 1.29 is 4.79 Å². The molecule has 4 rings (SSSR count). The first-order chi connectivity index (χ1) is 12.7. The molecular formula is C20H26N4OS. The van der Waals surface area contributed by atoms with Crippen molar-refractivity contribution in [2.45, 2.75) is 67.1 Å². The lowest BCUT2D eigenvalue weighted by molar-refractivity contribution is -0.123. The summed E-state index contributed by atoms with van der Waals surface area (Å²) < 4.78 is 1.71. The maximum atomic E-state index is 13.1. The van der Waals surface area contributed by atoms with Gasteiger partial charge < -0.3 is 9.88 Å². The van der Waals surface area contributed by atoms with Gasteiger partial charge in [0.2, 0.25) is 5.91 Å². The molecule has 1 aromatic carbocycles. The summed E-state index contributed by atoms with van der Waals surface area (Å²) >= 11 is 1.71. The summed E-state index contributed by atoms with van der Waals surface area (Å²) in [6.45, 7) is 0.451. The molecule has 26 heavy (non-hydrogen) atoms. The number of rotatable bonds is 6. The Labute approximate surface area is 159 Å². The molecule has 2 saturated carbocycles. The number of carbonyl (C=O) groups excluding carboxylic acids is 1. The van der Waals surface area contributed by atoms with Gasteiger partial charge in [-0.2, -0.15) is 0 Å². The Morgan fingerprint density at radius 3 is 2.58 bits per heavy atom. The van der Waals surface area contributed by atoms with Crippen molar-refractivity contribution in [1.29, 1.82) is 0 Å². The molecule has 0 aliphatic heterocycles. The molecule has 1 heterocycles. The lowest BCUT2D eigenvalue weighted by Gasteiger charge is -2.27. The van der Waals surface area contributed by atoms with Crippen molar-refractivity contribution in [3.8, 4) is 0 Å². The Hall–Kier alpha value is -1.82. The minimum atomic E-state index is -0.350. The Bertz CT molecular complexity index is 763. The number of nitrogens with one attached hydrogen (secondary N) is 1. The average Bonchev–Trinajstić information content (AvgIpc) is 3.21. The van der Waals surface area contributed by atoms with Gasteiger partial charge in [0, 0.05) is 17.9 Å². The quantitative estimate of drug-likeness (QED) is 0.840. The van der Waals surface area contributed by atoms with Crippen molar-refractivity contribution in [2.24, 2.45) is 7.05 Å². The number of amides is 1. The van der Waals surface area contributed by atoms with Crippen LogP contribution < -0.4 is 5.32 Å². The molecule has 2 aliphatic rings. The number of aromatic nitrogens is 3. The standard InChI is InChI=1S/C20H26N4OS/c1-24-17(22-23-18(24)15-8-7-9-15)14-21-19(25)20(12-5-6-13-20)26-16-10-3-2-4-11-16/h2-4,10-11,15H,5-9,12-14H2,1H3,(H,21,25). The van der Waals surface area contributed by atoms with Crippen molar-refractivity contribution in [3.63, 3.8) is 0 Å². The van der Waals surface area contributed by atoms with Crippen LogP contribution in [0, 0.1) is 0 Å². The van der Waals surface area contributed by atoms with E-state index in [1.54, 1.807) is 11.8 Å². The van der Waals surface area contributed by atoms with E-state index in [2.05, 4.69) is 32.2 Å². The molecule has 1 amide bonds. The molecule has 1 aromatic heterocycles. The van der Waals surface area contributed by atoms with Gasteiger partial charge in [0.05, 0.1) is 11.3 Å². The Morgan fingerprint density at radius 2 is 1.92 bits per heavy atom. The van der Waals surface area contributed by atoms with Gasteiger partial charge in [-0.15, -0.1) is 22.0 Å². The number of thioether (sulfide) groups is 1. The summed E-state index contributed by atoms with van der Waals surface area (Å²) in [6, 6.07) is 10.3. The second-order valence-corrected chi connectivity index (χ2v) is 8.92. The highest BCUT2D eigenvalue weighted by molar-refractivity contribution is 8.01. The van der Waals surface area contributed by atoms with Crippen LogP contribution in [0.1, 0.15) is 62.5 Å². The summed E-state index contributed by atoms with van der Waals surface area (Å²) in [5, 5.41) is 11.8. The maximum Gasteiger partial charge on any atom is 0.236 e. The SMILES string of the molecule is Cn1c(CNC(=O)C2(Sc3ccccc3)CCCC2)nnc1C1CCC1. The van der Waals surface area contributed by atoms with Crippen LogP contribution in [-0.4, -0.2) is 25.4 Å². The van der Waals surface area contributed by atoms with Gasteiger partial charge >= 0.3 is 0 Å². The molecule has 2 fully saturated rings. The van der Waals surface area contributed by atoms with Gasteiger partial charge in [0.15, 0.2) is 5.82 Å². The van der Waals surface area contributed by atoms with Crippen LogP contribution in [0.5, 0.6) is 0 Å². The summed E-state index contributed by atoms with van der Waals surface area (Å²) in [5.74, 6) is 2.59. The highest BCUT2D eigenvalue weighted by atomic mass is 32.2. The molecule has 2 aromatic rings. The van der Waals surface area contributed by atoms with Crippen molar-refractivity contribution in [1.82, 2.24) is 20.1 Å². The fraction of sp³-hybridized carbons (Fsp3) is 0.550. The molecule has 0 spiro atoms. The van der Waals surface area contributed by atoms with Crippen molar-refractivity contribution in [2.75, 3.05) is 0 Å². The van der Waals surface area contributed by atoms with Gasteiger partial charge in [-0.1, -0.05) is 37.5 Å². The molecule has 0 saturated heterocycles. The molecular weight excluding hydrogens is 344 g/mol. The van der Waals surface area contributed by atoms with Crippen LogP contribution in [0.2, 0.25) is 0 Å². The molecule has 1 N–H and O–H groups in total. The minimum absolute atomic E-state index is 0.136. The molecule has 5 nitrogen and oxygen atoms in total. The third-order valence-electron chi connectivity index (χ3n) is 5.76. The van der Waals surface area contributed by atoms with Gasteiger partial charge in [-0.25, -0.2) is 0 Å². The summed E-state index contributed by atoms with van der Waals surface area (Å²) in [5.41, 5.74) is 0. The zero-order valence-electron chi connectivity index (χ0n) is 15.3. The molecule has 0 radical (unpaired) electrons. The smallest absolute Gasteiger partial charge is 0.236 e. The third kappa shape index (κ3) is 3.39. The molecule has 6 heteroatoms. The monoisotopic (exact) mass is 370 g/mol. The highest BCUT2D eigenvalue weighted by Gasteiger charge is 2.42. The topological polar surface area (TPSA) is 59.8 Å². The Balaban J connectivity index is 1.43. The second kappa shape index (κ2) is 7.43. The van der Waals surface area contributed by atoms with Crippen molar-refractivity contribution >= 4 is 17.7 Å². The van der Waals surface area contributed by atoms with E-state index in [4.69, 9.17) is 0 Å². The van der Waals surface area contributed by atoms with Crippen LogP contribution in [0.25, 0.3) is 0 Å². The van der Waals surface area contributed by atoms with Gasteiger partial charge in [-0.05, 0) is 37.8 Å². The minimum Gasteiger partial charge on any atom is -0.348 e. The number of carbonyl (C=O) groups is 1. The van der Waals surface area contributed by atoms with Crippen LogP contribution in [0.4, 0.5) is 0 Å². The molecule has 0 unspecified atom stereocenters. The van der Waals surface area contributed by atoms with Crippen LogP contribution in [-0.2, 0) is 18.4 Å². The maximum absolute atomic E-state index is 13.1. The molecule has 0 bridgehead atoms. The first kappa shape index (κ1) is 17.6. The van der Waals surface area contributed by atoms with E-state index < -0.39 is 0 Å². The largest absolute Gasteiger partial charge is 0.348 e. The Morgan fingerprint density at radius 1 is 1.19 bits per heavy atom. The fourth-order valence-electron chi connectivity index (χ4n) is 3.91. The van der Waals surface area contributed by atoms with E-state index >= 15 is 0 Å². The van der Waals surface area contributed by atoms with E-state index in [1.807, 2.05) is 25.2 Å². The van der Waals surface area contributed by atoms with Crippen LogP contribution in [0.3, 0.4) is 0 Å². The van der Waals surface area contributed by atoms with Gasteiger partial charge in [-0.3, -0.25) is 4.79 Å². The van der Waals surface area contributed by atoms with E-state index in [1.165, 1.54) is 19.3 Å². The third-order valence-corrected chi connectivity index (χ3v) is 7.25. The number of nitrogens with zero attached hydrogens (tertiary/aromatic N) is 3. The zero-order chi connectivity index (χ0) is 18.0. The lowest BCUT2D eigenvalue weighted by atomic mass is 9.85. The molecule has 2 aliphatic carbocycles. The normalized spacial score (nSPS) is 19.3. The first-order valence-electron chi connectivity index (χ1n) is 9.58. The lowest BCUT2D eigenvalue weighted by Crippen LogP contribution is -2.42. The summed E-state index contributed by atoms with van der Waals surface area (Å²) in [7, 11) is 2.01. The van der Waals surface area contributed by atoms with Gasteiger partial charge in [0.1, 0.15) is 5.82 Å². The van der Waals surface area contributed by atoms with Gasteiger partial charge in [0.25, 0.3) is 0 Å². The number of benzene rings is 1. The first-order valence-corrected chi connectivity index (χ1v) is 10.4. The number of hydrogen-bond acceptors (Lipinski definition) is 4. The van der Waals surface area contributed by atoms with E-state index in [9.17, 15) is 4.79 Å². The zero-order valence-corrected chi connectivity index (χ0v) is 16.1.